The maximum atomic E-state index is 12.6. The van der Waals surface area contributed by atoms with Crippen molar-refractivity contribution < 1.29 is 9.53 Å². The Labute approximate surface area is 121 Å². The number of benzene rings is 1. The molecule has 3 heterocycles. The highest BCUT2D eigenvalue weighted by molar-refractivity contribution is 7.12. The van der Waals surface area contributed by atoms with E-state index in [1.807, 2.05) is 40.6 Å². The summed E-state index contributed by atoms with van der Waals surface area (Å²) in [6.45, 7) is 3.21. The monoisotopic (exact) mass is 286 g/mol. The first-order valence-electron chi connectivity index (χ1n) is 6.71. The second-order valence-electron chi connectivity index (χ2n) is 4.89. The summed E-state index contributed by atoms with van der Waals surface area (Å²) in [5.41, 5.74) is 2.03. The molecule has 0 unspecified atom stereocenters. The van der Waals surface area contributed by atoms with Gasteiger partial charge in [-0.15, -0.1) is 11.3 Å². The second kappa shape index (κ2) is 4.52. The summed E-state index contributed by atoms with van der Waals surface area (Å²) in [4.78, 5) is 17.6. The van der Waals surface area contributed by atoms with E-state index in [4.69, 9.17) is 4.74 Å². The molecule has 1 aromatic carbocycles. The quantitative estimate of drug-likeness (QED) is 0.808. The summed E-state index contributed by atoms with van der Waals surface area (Å²) in [5.74, 6) is 0.969. The van der Waals surface area contributed by atoms with E-state index in [0.29, 0.717) is 0 Å². The van der Waals surface area contributed by atoms with Gasteiger partial charge in [0.2, 0.25) is 0 Å². The van der Waals surface area contributed by atoms with Gasteiger partial charge < -0.3 is 14.5 Å². The number of amides is 1. The fraction of sp³-hybridized carbons (Fsp3) is 0.267. The summed E-state index contributed by atoms with van der Waals surface area (Å²) in [6.07, 6.45) is 0. The van der Waals surface area contributed by atoms with Crippen molar-refractivity contribution in [2.24, 2.45) is 0 Å². The van der Waals surface area contributed by atoms with Gasteiger partial charge in [-0.25, -0.2) is 0 Å². The van der Waals surface area contributed by atoms with Crippen LogP contribution in [0.15, 0.2) is 35.7 Å². The number of para-hydroxylation sites is 1. The maximum Gasteiger partial charge on any atom is 0.268 e. The van der Waals surface area contributed by atoms with E-state index in [9.17, 15) is 4.79 Å². The maximum absolute atomic E-state index is 12.6. The molecular formula is C15H14N2O2S. The van der Waals surface area contributed by atoms with E-state index < -0.39 is 0 Å². The first-order chi connectivity index (χ1) is 9.84. The predicted molar refractivity (Wildman–Crippen MR) is 80.1 cm³/mol. The normalized spacial score (nSPS) is 16.6. The molecule has 2 aromatic rings. The molecule has 1 aromatic heterocycles. The van der Waals surface area contributed by atoms with Gasteiger partial charge in [-0.2, -0.15) is 0 Å². The smallest absolute Gasteiger partial charge is 0.268 e. The molecule has 0 bridgehead atoms. The SMILES string of the molecule is O=C(c1cccs1)N1CCN2CCOc3cccc1c32. The zero-order valence-corrected chi connectivity index (χ0v) is 11.7. The van der Waals surface area contributed by atoms with E-state index in [0.717, 1.165) is 48.2 Å². The fourth-order valence-corrected chi connectivity index (χ4v) is 3.52. The lowest BCUT2D eigenvalue weighted by Crippen LogP contribution is -2.46. The highest BCUT2D eigenvalue weighted by Crippen LogP contribution is 2.43. The van der Waals surface area contributed by atoms with Crippen LogP contribution in [0.2, 0.25) is 0 Å². The summed E-state index contributed by atoms with van der Waals surface area (Å²) in [6, 6.07) is 9.73. The molecule has 102 valence electrons. The largest absolute Gasteiger partial charge is 0.489 e. The third-order valence-corrected chi connectivity index (χ3v) is 4.63. The molecule has 0 spiro atoms. The van der Waals surface area contributed by atoms with Gasteiger partial charge >= 0.3 is 0 Å². The van der Waals surface area contributed by atoms with Gasteiger partial charge in [-0.1, -0.05) is 12.1 Å². The summed E-state index contributed by atoms with van der Waals surface area (Å²) < 4.78 is 5.71. The van der Waals surface area contributed by atoms with Crippen LogP contribution in [0.25, 0.3) is 0 Å². The average molecular weight is 286 g/mol. The van der Waals surface area contributed by atoms with Crippen molar-refractivity contribution in [2.45, 2.75) is 0 Å². The van der Waals surface area contributed by atoms with Gasteiger partial charge in [0.05, 0.1) is 17.1 Å². The minimum absolute atomic E-state index is 0.0821. The Balaban J connectivity index is 1.79. The van der Waals surface area contributed by atoms with Gasteiger partial charge in [0, 0.05) is 13.1 Å². The van der Waals surface area contributed by atoms with Crippen LogP contribution in [-0.2, 0) is 0 Å². The molecular weight excluding hydrogens is 272 g/mol. The number of anilines is 2. The Morgan fingerprint density at radius 1 is 1.15 bits per heavy atom. The standard InChI is InChI=1S/C15H14N2O2S/c18-15(13-5-2-10-20-13)17-7-6-16-8-9-19-12-4-1-3-11(17)14(12)16/h1-5,10H,6-9H2. The van der Waals surface area contributed by atoms with Crippen LogP contribution >= 0.6 is 11.3 Å². The molecule has 0 atom stereocenters. The molecule has 1 amide bonds. The number of carbonyl (C=O) groups excluding carboxylic acids is 1. The Morgan fingerprint density at radius 2 is 2.10 bits per heavy atom. The first-order valence-corrected chi connectivity index (χ1v) is 7.59. The lowest BCUT2D eigenvalue weighted by Gasteiger charge is -2.40. The molecule has 4 nitrogen and oxygen atoms in total. The molecule has 2 aliphatic heterocycles. The van der Waals surface area contributed by atoms with Gasteiger partial charge in [-0.3, -0.25) is 4.79 Å². The van der Waals surface area contributed by atoms with Gasteiger partial charge in [0.15, 0.2) is 0 Å². The molecule has 2 aliphatic rings. The number of hydrogen-bond acceptors (Lipinski definition) is 4. The zero-order valence-electron chi connectivity index (χ0n) is 10.9. The molecule has 0 N–H and O–H groups in total. The Hall–Kier alpha value is -2.01. The Kier molecular flexibility index (Phi) is 2.67. The number of thiophene rings is 1. The average Bonchev–Trinajstić information content (AvgIpc) is 3.02. The van der Waals surface area contributed by atoms with Crippen LogP contribution in [0.5, 0.6) is 5.75 Å². The molecule has 4 rings (SSSR count). The van der Waals surface area contributed by atoms with Crippen LogP contribution < -0.4 is 14.5 Å². The van der Waals surface area contributed by atoms with E-state index in [-0.39, 0.29) is 5.91 Å². The third kappa shape index (κ3) is 1.70. The minimum Gasteiger partial charge on any atom is -0.489 e. The van der Waals surface area contributed by atoms with Crippen molar-refractivity contribution in [2.75, 3.05) is 36.0 Å². The predicted octanol–water partition coefficient (Wildman–Crippen LogP) is 2.61. The van der Waals surface area contributed by atoms with Crippen LogP contribution in [0.1, 0.15) is 9.67 Å². The van der Waals surface area contributed by atoms with Gasteiger partial charge in [0.1, 0.15) is 18.0 Å². The first kappa shape index (κ1) is 11.8. The van der Waals surface area contributed by atoms with Crippen molar-refractivity contribution >= 4 is 28.6 Å². The molecule has 5 heteroatoms. The number of nitrogens with zero attached hydrogens (tertiary/aromatic N) is 2. The second-order valence-corrected chi connectivity index (χ2v) is 5.84. The lowest BCUT2D eigenvalue weighted by molar-refractivity contribution is 0.0990. The number of hydrogen-bond donors (Lipinski definition) is 0. The highest BCUT2D eigenvalue weighted by Gasteiger charge is 2.31. The van der Waals surface area contributed by atoms with Crippen LogP contribution in [0, 0.1) is 0 Å². The lowest BCUT2D eigenvalue weighted by atomic mass is 10.1. The van der Waals surface area contributed by atoms with E-state index >= 15 is 0 Å². The zero-order chi connectivity index (χ0) is 13.5. The van der Waals surface area contributed by atoms with Crippen LogP contribution in [0.3, 0.4) is 0 Å². The van der Waals surface area contributed by atoms with Crippen molar-refractivity contribution in [3.05, 3.63) is 40.6 Å². The van der Waals surface area contributed by atoms with Crippen molar-refractivity contribution in [1.82, 2.24) is 0 Å². The molecule has 0 saturated heterocycles. The van der Waals surface area contributed by atoms with Crippen LogP contribution in [-0.4, -0.2) is 32.1 Å². The minimum atomic E-state index is 0.0821. The molecule has 0 saturated carbocycles. The number of rotatable bonds is 1. The van der Waals surface area contributed by atoms with Gasteiger partial charge in [0.25, 0.3) is 5.91 Å². The molecule has 20 heavy (non-hydrogen) atoms. The van der Waals surface area contributed by atoms with Gasteiger partial charge in [-0.05, 0) is 23.6 Å². The van der Waals surface area contributed by atoms with E-state index in [1.165, 1.54) is 11.3 Å². The summed E-state index contributed by atoms with van der Waals surface area (Å²) in [7, 11) is 0. The van der Waals surface area contributed by atoms with Crippen molar-refractivity contribution in [3.8, 4) is 5.75 Å². The van der Waals surface area contributed by atoms with E-state index in [2.05, 4.69) is 4.90 Å². The topological polar surface area (TPSA) is 32.8 Å². The number of ether oxygens (including phenoxy) is 1. The summed E-state index contributed by atoms with van der Waals surface area (Å²) >= 11 is 1.49. The third-order valence-electron chi connectivity index (χ3n) is 3.77. The Morgan fingerprint density at radius 3 is 2.95 bits per heavy atom. The number of carbonyl (C=O) groups is 1. The summed E-state index contributed by atoms with van der Waals surface area (Å²) in [5, 5.41) is 1.94. The fourth-order valence-electron chi connectivity index (χ4n) is 2.85. The molecule has 0 aliphatic carbocycles. The van der Waals surface area contributed by atoms with Crippen LogP contribution in [0.4, 0.5) is 11.4 Å². The van der Waals surface area contributed by atoms with Crippen molar-refractivity contribution in [1.29, 1.82) is 0 Å². The highest BCUT2D eigenvalue weighted by atomic mass is 32.1. The van der Waals surface area contributed by atoms with Crippen molar-refractivity contribution in [3.63, 3.8) is 0 Å². The Bertz CT molecular complexity index is 654. The van der Waals surface area contributed by atoms with E-state index in [1.54, 1.807) is 0 Å². The molecule has 0 radical (unpaired) electrons. The molecule has 0 fully saturated rings.